The second-order valence-corrected chi connectivity index (χ2v) is 7.12. The van der Waals surface area contributed by atoms with Crippen LogP contribution in [0.1, 0.15) is 17.4 Å². The van der Waals surface area contributed by atoms with Crippen LogP contribution in [-0.2, 0) is 17.5 Å². The van der Waals surface area contributed by atoms with E-state index in [1.165, 1.54) is 23.5 Å². The molecule has 1 aromatic carbocycles. The normalized spacial score (nSPS) is 18.3. The van der Waals surface area contributed by atoms with Crippen LogP contribution in [0.4, 0.5) is 13.2 Å². The molecule has 10 heteroatoms. The minimum absolute atomic E-state index is 0. The maximum atomic E-state index is 12.6. The summed E-state index contributed by atoms with van der Waals surface area (Å²) in [5.41, 5.74) is 6.01. The van der Waals surface area contributed by atoms with Gasteiger partial charge in [-0.3, -0.25) is 0 Å². The number of guanidine groups is 1. The molecule has 0 saturated carbocycles. The van der Waals surface area contributed by atoms with Crippen molar-refractivity contribution in [2.24, 2.45) is 10.7 Å². The van der Waals surface area contributed by atoms with Gasteiger partial charge >= 0.3 is 6.18 Å². The molecule has 1 aliphatic rings. The highest BCUT2D eigenvalue weighted by atomic mass is 79.9. The fraction of sp³-hybridized carbons (Fsp3) is 0.412. The number of thiazole rings is 1. The van der Waals surface area contributed by atoms with E-state index in [1.54, 1.807) is 6.20 Å². The Morgan fingerprint density at radius 2 is 2.07 bits per heavy atom. The lowest BCUT2D eigenvalue weighted by atomic mass is 10.1. The second kappa shape index (κ2) is 9.03. The van der Waals surface area contributed by atoms with E-state index in [1.807, 2.05) is 11.8 Å². The Morgan fingerprint density at radius 3 is 2.70 bits per heavy atom. The second-order valence-electron chi connectivity index (χ2n) is 6.01. The van der Waals surface area contributed by atoms with Gasteiger partial charge in [-0.05, 0) is 19.1 Å². The van der Waals surface area contributed by atoms with Gasteiger partial charge in [0.25, 0.3) is 0 Å². The Labute approximate surface area is 169 Å². The Balaban J connectivity index is 0.00000261. The molecule has 1 aromatic heterocycles. The highest BCUT2D eigenvalue weighted by molar-refractivity contribution is 8.93. The van der Waals surface area contributed by atoms with Gasteiger partial charge < -0.3 is 15.4 Å². The standard InChI is InChI=1S/C17H19F3N4OS.BrH/c1-11-10-24(6-7-25-11)16(21)23-9-14-8-22-15(26-14)12-2-4-13(5-3-12)17(18,19)20;/h2-5,8,11H,6-7,9-10H2,1H3,(H2,21,23);1H. The molecule has 1 aliphatic heterocycles. The van der Waals surface area contributed by atoms with E-state index in [0.717, 1.165) is 17.0 Å². The number of halogens is 4. The number of hydrogen-bond acceptors (Lipinski definition) is 4. The van der Waals surface area contributed by atoms with E-state index < -0.39 is 11.7 Å². The van der Waals surface area contributed by atoms with Crippen LogP contribution in [0.15, 0.2) is 35.5 Å². The van der Waals surface area contributed by atoms with Crippen LogP contribution >= 0.6 is 28.3 Å². The van der Waals surface area contributed by atoms with Gasteiger partial charge in [0.15, 0.2) is 5.96 Å². The maximum Gasteiger partial charge on any atom is 0.416 e. The van der Waals surface area contributed by atoms with Crippen LogP contribution in [0.25, 0.3) is 10.6 Å². The number of nitrogens with two attached hydrogens (primary N) is 1. The van der Waals surface area contributed by atoms with Crippen LogP contribution in [-0.4, -0.2) is 41.6 Å². The van der Waals surface area contributed by atoms with Gasteiger partial charge in [-0.1, -0.05) is 12.1 Å². The quantitative estimate of drug-likeness (QED) is 0.551. The van der Waals surface area contributed by atoms with Gasteiger partial charge in [0.2, 0.25) is 0 Å². The molecule has 3 rings (SSSR count). The van der Waals surface area contributed by atoms with Crippen molar-refractivity contribution in [2.75, 3.05) is 19.7 Å². The molecule has 0 bridgehead atoms. The number of rotatable bonds is 3. The van der Waals surface area contributed by atoms with Crippen molar-refractivity contribution in [3.63, 3.8) is 0 Å². The predicted octanol–water partition coefficient (Wildman–Crippen LogP) is 3.94. The minimum atomic E-state index is -4.34. The van der Waals surface area contributed by atoms with E-state index in [0.29, 0.717) is 42.8 Å². The zero-order valence-corrected chi connectivity index (χ0v) is 17.1. The van der Waals surface area contributed by atoms with Crippen LogP contribution in [0.2, 0.25) is 0 Å². The summed E-state index contributed by atoms with van der Waals surface area (Å²) in [6.45, 7) is 4.40. The fourth-order valence-electron chi connectivity index (χ4n) is 2.60. The van der Waals surface area contributed by atoms with E-state index >= 15 is 0 Å². The minimum Gasteiger partial charge on any atom is -0.375 e. The fourth-order valence-corrected chi connectivity index (χ4v) is 3.44. The molecule has 1 saturated heterocycles. The average Bonchev–Trinajstić information content (AvgIpc) is 3.08. The molecule has 1 fully saturated rings. The number of alkyl halides is 3. The van der Waals surface area contributed by atoms with E-state index in [4.69, 9.17) is 10.5 Å². The third-order valence-corrected chi connectivity index (χ3v) is 5.01. The monoisotopic (exact) mass is 464 g/mol. The van der Waals surface area contributed by atoms with Gasteiger partial charge in [-0.25, -0.2) is 9.98 Å². The Kier molecular flexibility index (Phi) is 7.24. The highest BCUT2D eigenvalue weighted by Crippen LogP contribution is 2.32. The molecule has 1 atom stereocenters. The molecule has 0 aliphatic carbocycles. The molecule has 0 spiro atoms. The molecular formula is C17H20BrF3N4OS. The third kappa shape index (κ3) is 5.66. The van der Waals surface area contributed by atoms with Gasteiger partial charge in [-0.15, -0.1) is 28.3 Å². The highest BCUT2D eigenvalue weighted by Gasteiger charge is 2.30. The van der Waals surface area contributed by atoms with Crippen molar-refractivity contribution < 1.29 is 17.9 Å². The molecule has 5 nitrogen and oxygen atoms in total. The molecule has 1 unspecified atom stereocenters. The van der Waals surface area contributed by atoms with E-state index in [9.17, 15) is 13.2 Å². The summed E-state index contributed by atoms with van der Waals surface area (Å²) >= 11 is 1.39. The molecule has 2 heterocycles. The topological polar surface area (TPSA) is 63.7 Å². The Hall–Kier alpha value is -1.65. The van der Waals surface area contributed by atoms with Crippen molar-refractivity contribution in [1.82, 2.24) is 9.88 Å². The number of nitrogens with zero attached hydrogens (tertiary/aromatic N) is 3. The van der Waals surface area contributed by atoms with E-state index in [2.05, 4.69) is 9.98 Å². The number of morpholine rings is 1. The van der Waals surface area contributed by atoms with Gasteiger partial charge in [0.1, 0.15) is 5.01 Å². The lowest BCUT2D eigenvalue weighted by Gasteiger charge is -2.31. The van der Waals surface area contributed by atoms with Crippen LogP contribution < -0.4 is 5.73 Å². The zero-order valence-electron chi connectivity index (χ0n) is 14.6. The summed E-state index contributed by atoms with van der Waals surface area (Å²) in [6.07, 6.45) is -2.54. The maximum absolute atomic E-state index is 12.6. The zero-order chi connectivity index (χ0) is 18.7. The summed E-state index contributed by atoms with van der Waals surface area (Å²) in [5, 5.41) is 0.655. The number of aromatic nitrogens is 1. The number of benzene rings is 1. The first kappa shape index (κ1) is 21.6. The molecule has 27 heavy (non-hydrogen) atoms. The summed E-state index contributed by atoms with van der Waals surface area (Å²) < 4.78 is 43.4. The molecule has 0 radical (unpaired) electrons. The van der Waals surface area contributed by atoms with Crippen molar-refractivity contribution in [2.45, 2.75) is 25.7 Å². The Morgan fingerprint density at radius 1 is 1.37 bits per heavy atom. The number of aliphatic imine (C=N–C) groups is 1. The van der Waals surface area contributed by atoms with Crippen molar-refractivity contribution in [3.05, 3.63) is 40.9 Å². The lowest BCUT2D eigenvalue weighted by Crippen LogP contribution is -2.47. The van der Waals surface area contributed by atoms with Crippen LogP contribution in [0.3, 0.4) is 0 Å². The smallest absolute Gasteiger partial charge is 0.375 e. The number of ether oxygens (including phenoxy) is 1. The van der Waals surface area contributed by atoms with Gasteiger partial charge in [0.05, 0.1) is 24.8 Å². The molecule has 2 N–H and O–H groups in total. The summed E-state index contributed by atoms with van der Waals surface area (Å²) in [4.78, 5) is 11.5. The van der Waals surface area contributed by atoms with Crippen LogP contribution in [0.5, 0.6) is 0 Å². The summed E-state index contributed by atoms with van der Waals surface area (Å²) in [6, 6.07) is 4.98. The molecule has 2 aromatic rings. The van der Waals surface area contributed by atoms with Crippen LogP contribution in [0, 0.1) is 0 Å². The molecule has 148 valence electrons. The average molecular weight is 465 g/mol. The van der Waals surface area contributed by atoms with Crippen molar-refractivity contribution >= 4 is 34.3 Å². The first-order valence-corrected chi connectivity index (χ1v) is 8.93. The van der Waals surface area contributed by atoms with Gasteiger partial charge in [-0.2, -0.15) is 13.2 Å². The first-order chi connectivity index (χ1) is 12.3. The predicted molar refractivity (Wildman–Crippen MR) is 105 cm³/mol. The lowest BCUT2D eigenvalue weighted by molar-refractivity contribution is -0.137. The van der Waals surface area contributed by atoms with Crippen molar-refractivity contribution in [3.8, 4) is 10.6 Å². The largest absolute Gasteiger partial charge is 0.416 e. The molecule has 0 amide bonds. The summed E-state index contributed by atoms with van der Waals surface area (Å²) in [5.74, 6) is 0.463. The Bertz CT molecular complexity index is 779. The summed E-state index contributed by atoms with van der Waals surface area (Å²) in [7, 11) is 0. The van der Waals surface area contributed by atoms with E-state index in [-0.39, 0.29) is 23.1 Å². The van der Waals surface area contributed by atoms with Crippen molar-refractivity contribution in [1.29, 1.82) is 0 Å². The number of hydrogen-bond donors (Lipinski definition) is 1. The SMILES string of the molecule is Br.CC1CN(C(N)=NCc2cnc(-c3ccc(C(F)(F)F)cc3)s2)CCO1. The third-order valence-electron chi connectivity index (χ3n) is 3.97. The van der Waals surface area contributed by atoms with Gasteiger partial charge in [0, 0.05) is 29.7 Å². The first-order valence-electron chi connectivity index (χ1n) is 8.12. The molecular weight excluding hydrogens is 445 g/mol.